The van der Waals surface area contributed by atoms with Gasteiger partial charge in [-0.2, -0.15) is 10.1 Å². The number of rotatable bonds is 10. The van der Waals surface area contributed by atoms with Gasteiger partial charge in [-0.1, -0.05) is 0 Å². The summed E-state index contributed by atoms with van der Waals surface area (Å²) in [5.74, 6) is 0.903. The van der Waals surface area contributed by atoms with E-state index in [1.165, 1.54) is 28.4 Å². The molecule has 0 aromatic heterocycles. The Morgan fingerprint density at radius 1 is 0.793 bits per heavy atom. The highest BCUT2D eigenvalue weighted by Crippen LogP contribution is 2.64. The Morgan fingerprint density at radius 3 is 2.12 bits per heavy atom. The van der Waals surface area contributed by atoms with Crippen molar-refractivity contribution >= 4 is 23.8 Å². The van der Waals surface area contributed by atoms with Gasteiger partial charge in [0, 0.05) is 31.8 Å². The third-order valence-electron chi connectivity index (χ3n) is 11.5. The summed E-state index contributed by atoms with van der Waals surface area (Å²) >= 11 is 0. The number of ether oxygens (including phenoxy) is 10. The molecule has 0 N–H and O–H groups in total. The number of hydrogen-bond acceptors (Lipinski definition) is 16. The summed E-state index contributed by atoms with van der Waals surface area (Å²) in [7, 11) is 9.63. The predicted octanol–water partition coefficient (Wildman–Crippen LogP) is 5.36. The van der Waals surface area contributed by atoms with Crippen LogP contribution in [0, 0.1) is 0 Å². The fraction of sp³-hybridized carbons (Fsp3) is 0.333. The van der Waals surface area contributed by atoms with Gasteiger partial charge < -0.3 is 47.4 Å². The van der Waals surface area contributed by atoms with Crippen LogP contribution in [0.4, 0.5) is 0 Å². The molecular formula is C42H38N2O14. The van der Waals surface area contributed by atoms with E-state index >= 15 is 0 Å². The first-order valence-corrected chi connectivity index (χ1v) is 18.5. The average Bonchev–Trinajstić information content (AvgIpc) is 4.08. The van der Waals surface area contributed by atoms with Crippen molar-refractivity contribution in [1.82, 2.24) is 10.1 Å². The second kappa shape index (κ2) is 13.4. The van der Waals surface area contributed by atoms with E-state index in [2.05, 4.69) is 0 Å². The molecule has 10 rings (SSSR count). The normalized spacial score (nSPS) is 23.6. The Morgan fingerprint density at radius 2 is 1.43 bits per heavy atom. The first kappa shape index (κ1) is 36.2. The molecule has 58 heavy (non-hydrogen) atoms. The van der Waals surface area contributed by atoms with E-state index < -0.39 is 35.8 Å². The molecule has 4 aromatic rings. The van der Waals surface area contributed by atoms with Gasteiger partial charge in [-0.15, -0.1) is 0 Å². The average molecular weight is 795 g/mol. The summed E-state index contributed by atoms with van der Waals surface area (Å²) in [6, 6.07) is 14.2. The lowest BCUT2D eigenvalue weighted by Gasteiger charge is -2.28. The quantitative estimate of drug-likeness (QED) is 0.150. The minimum atomic E-state index is -1.53. The summed E-state index contributed by atoms with van der Waals surface area (Å²) in [6.45, 7) is 0.593. The van der Waals surface area contributed by atoms with Gasteiger partial charge in [-0.05, 0) is 83.3 Å². The van der Waals surface area contributed by atoms with Crippen LogP contribution in [0.5, 0.6) is 46.0 Å². The van der Waals surface area contributed by atoms with Gasteiger partial charge in [0.1, 0.15) is 23.0 Å². The van der Waals surface area contributed by atoms with E-state index in [1.54, 1.807) is 41.4 Å². The molecule has 0 saturated carbocycles. The standard InChI is InChI=1S/C42H38N2O14/c1-43(12-11-20-13-29-30(52-18-51-29)15-21(20)14-28-22-7-9-26(47-3)38(49-5)33(22)40(45)55-28)57-37-24-17-32-31(53-19-54-32)16-23(24)35-36(37)44(2)58-42(35)25-8-10-27(48-4)39(50-6)34(25)41(46)56-42/h7-10,13-17,35-37H,11-12,18-19H2,1-6H3/b28-14-/t35-,36-,37-,42+/m0/s1. The molecule has 1 aliphatic carbocycles. The summed E-state index contributed by atoms with van der Waals surface area (Å²) < 4.78 is 57.2. The van der Waals surface area contributed by atoms with Crippen LogP contribution in [-0.4, -0.2) is 90.8 Å². The molecule has 1 saturated heterocycles. The highest BCUT2D eigenvalue weighted by atomic mass is 16.8. The monoisotopic (exact) mass is 794 g/mol. The van der Waals surface area contributed by atoms with Gasteiger partial charge in [0.15, 0.2) is 46.0 Å². The Labute approximate surface area is 332 Å². The van der Waals surface area contributed by atoms with Gasteiger partial charge >= 0.3 is 11.9 Å². The SMILES string of the molecule is COc1ccc2c(c1OC)C(=O)O/C2=C\c1cc2c(cc1CCN(C)O[C@H]1c3cc4c(cc3[C@H]3[C@@H]1N(C)O[C@@]31OC(=O)c3c1ccc(OC)c3OC)OCO4)OCO2. The van der Waals surface area contributed by atoms with Crippen LogP contribution in [0.3, 0.4) is 0 Å². The van der Waals surface area contributed by atoms with Crippen molar-refractivity contribution in [2.75, 3.05) is 62.7 Å². The highest BCUT2D eigenvalue weighted by molar-refractivity contribution is 6.08. The van der Waals surface area contributed by atoms with Crippen LogP contribution in [0.1, 0.15) is 66.1 Å². The van der Waals surface area contributed by atoms with E-state index in [1.807, 2.05) is 37.4 Å². The Kier molecular flexibility index (Phi) is 8.38. The van der Waals surface area contributed by atoms with E-state index in [0.717, 1.165) is 22.3 Å². The van der Waals surface area contributed by atoms with Crippen LogP contribution >= 0.6 is 0 Å². The molecule has 4 aromatic carbocycles. The smallest absolute Gasteiger partial charge is 0.348 e. The molecule has 4 atom stereocenters. The van der Waals surface area contributed by atoms with Crippen molar-refractivity contribution in [3.8, 4) is 46.0 Å². The summed E-state index contributed by atoms with van der Waals surface area (Å²) in [4.78, 5) is 40.2. The molecule has 0 bridgehead atoms. The molecule has 1 fully saturated rings. The van der Waals surface area contributed by atoms with Gasteiger partial charge in [0.2, 0.25) is 13.6 Å². The van der Waals surface area contributed by atoms with Crippen molar-refractivity contribution in [3.05, 3.63) is 93.0 Å². The molecule has 5 heterocycles. The molecule has 1 spiro atoms. The number of carbonyl (C=O) groups is 2. The van der Waals surface area contributed by atoms with Gasteiger partial charge in [0.05, 0.1) is 40.4 Å². The van der Waals surface area contributed by atoms with E-state index in [4.69, 9.17) is 57.0 Å². The third-order valence-corrected chi connectivity index (χ3v) is 11.5. The molecule has 5 aliphatic heterocycles. The number of hydroxylamine groups is 4. The van der Waals surface area contributed by atoms with Crippen LogP contribution in [0.2, 0.25) is 0 Å². The number of carbonyl (C=O) groups excluding carboxylic acids is 2. The second-order valence-electron chi connectivity index (χ2n) is 14.4. The molecule has 16 heteroatoms. The lowest BCUT2D eigenvalue weighted by atomic mass is 9.84. The van der Waals surface area contributed by atoms with E-state index in [9.17, 15) is 9.59 Å². The van der Waals surface area contributed by atoms with Crippen molar-refractivity contribution in [1.29, 1.82) is 0 Å². The summed E-state index contributed by atoms with van der Waals surface area (Å²) in [5.41, 5.74) is 4.96. The molecule has 0 amide bonds. The van der Waals surface area contributed by atoms with Crippen molar-refractivity contribution < 1.29 is 66.6 Å². The first-order valence-electron chi connectivity index (χ1n) is 18.5. The fourth-order valence-electron chi connectivity index (χ4n) is 8.94. The molecular weight excluding hydrogens is 756 g/mol. The van der Waals surface area contributed by atoms with Gasteiger partial charge in [0.25, 0.3) is 5.79 Å². The number of nitrogens with zero attached hydrogens (tertiary/aromatic N) is 2. The number of cyclic esters (lactones) is 1. The Hall–Kier alpha value is -6.20. The number of fused-ring (bicyclic) bond motifs is 9. The fourth-order valence-corrected chi connectivity index (χ4v) is 8.94. The number of esters is 2. The maximum Gasteiger partial charge on any atom is 0.348 e. The molecule has 300 valence electrons. The van der Waals surface area contributed by atoms with Gasteiger partial charge in [-0.3, -0.25) is 4.84 Å². The van der Waals surface area contributed by atoms with Crippen molar-refractivity contribution in [3.63, 3.8) is 0 Å². The zero-order valence-electron chi connectivity index (χ0n) is 32.4. The largest absolute Gasteiger partial charge is 0.493 e. The molecule has 16 nitrogen and oxygen atoms in total. The summed E-state index contributed by atoms with van der Waals surface area (Å²) in [6.07, 6.45) is 1.71. The number of hydrogen-bond donors (Lipinski definition) is 0. The highest BCUT2D eigenvalue weighted by Gasteiger charge is 2.68. The van der Waals surface area contributed by atoms with Crippen LogP contribution in [0.15, 0.2) is 48.5 Å². The molecule has 0 unspecified atom stereocenters. The Balaban J connectivity index is 0.969. The predicted molar refractivity (Wildman–Crippen MR) is 200 cm³/mol. The van der Waals surface area contributed by atoms with E-state index in [-0.39, 0.29) is 24.9 Å². The van der Waals surface area contributed by atoms with Crippen molar-refractivity contribution in [2.45, 2.75) is 30.3 Å². The number of benzene rings is 4. The lowest BCUT2D eigenvalue weighted by molar-refractivity contribution is -0.291. The van der Waals surface area contributed by atoms with Crippen LogP contribution in [0.25, 0.3) is 11.8 Å². The Bertz CT molecular complexity index is 2450. The topological polar surface area (TPSA) is 151 Å². The zero-order valence-corrected chi connectivity index (χ0v) is 32.4. The minimum Gasteiger partial charge on any atom is -0.493 e. The maximum absolute atomic E-state index is 13.7. The van der Waals surface area contributed by atoms with Gasteiger partial charge in [-0.25, -0.2) is 14.4 Å². The van der Waals surface area contributed by atoms with Crippen molar-refractivity contribution in [2.24, 2.45) is 0 Å². The number of methoxy groups -OCH3 is 4. The molecule has 0 radical (unpaired) electrons. The van der Waals surface area contributed by atoms with Crippen LogP contribution < -0.4 is 37.9 Å². The lowest BCUT2D eigenvalue weighted by Crippen LogP contribution is -2.35. The maximum atomic E-state index is 13.7. The summed E-state index contributed by atoms with van der Waals surface area (Å²) in [5, 5.41) is 3.47. The third kappa shape index (κ3) is 5.22. The first-order chi connectivity index (χ1) is 28.2. The molecule has 6 aliphatic rings. The number of likely N-dealkylation sites (N-methyl/N-ethyl adjacent to an activating group) is 2. The van der Waals surface area contributed by atoms with Crippen LogP contribution in [-0.2, 0) is 31.4 Å². The minimum absolute atomic E-state index is 0.0780. The van der Waals surface area contributed by atoms with E-state index in [0.29, 0.717) is 75.7 Å². The zero-order chi connectivity index (χ0) is 40.0. The second-order valence-corrected chi connectivity index (χ2v) is 14.4.